The highest BCUT2D eigenvalue weighted by Crippen LogP contribution is 2.17. The quantitative estimate of drug-likeness (QED) is 0.466. The molecule has 0 heterocycles. The van der Waals surface area contributed by atoms with E-state index >= 15 is 0 Å². The van der Waals surface area contributed by atoms with E-state index in [9.17, 15) is 0 Å². The van der Waals surface area contributed by atoms with Crippen molar-refractivity contribution >= 4 is 0 Å². The molecule has 0 amide bonds. The first-order valence-electron chi connectivity index (χ1n) is 7.83. The van der Waals surface area contributed by atoms with Crippen molar-refractivity contribution in [1.82, 2.24) is 5.32 Å². The average Bonchev–Trinajstić information content (AvgIpc) is 2.31. The maximum atomic E-state index is 3.59. The topological polar surface area (TPSA) is 12.0 Å². The molecule has 0 fully saturated rings. The third-order valence-corrected chi connectivity index (χ3v) is 3.77. The molecule has 0 aromatic rings. The van der Waals surface area contributed by atoms with E-state index in [4.69, 9.17) is 0 Å². The summed E-state index contributed by atoms with van der Waals surface area (Å²) in [5.74, 6) is 0. The predicted molar refractivity (Wildman–Crippen MR) is 79.6 cm³/mol. The summed E-state index contributed by atoms with van der Waals surface area (Å²) in [7, 11) is 0. The van der Waals surface area contributed by atoms with Crippen LogP contribution in [-0.4, -0.2) is 13.1 Å². The zero-order valence-corrected chi connectivity index (χ0v) is 12.8. The van der Waals surface area contributed by atoms with E-state index in [-0.39, 0.29) is 0 Å². The minimum Gasteiger partial charge on any atom is -0.316 e. The van der Waals surface area contributed by atoms with Crippen LogP contribution in [0.2, 0.25) is 0 Å². The lowest BCUT2D eigenvalue weighted by Crippen LogP contribution is -2.29. The van der Waals surface area contributed by atoms with Crippen LogP contribution in [0.5, 0.6) is 0 Å². The Morgan fingerprint density at radius 2 is 1.29 bits per heavy atom. The van der Waals surface area contributed by atoms with E-state index < -0.39 is 0 Å². The third kappa shape index (κ3) is 12.2. The molecule has 0 unspecified atom stereocenters. The Bertz CT molecular complexity index is 152. The van der Waals surface area contributed by atoms with Gasteiger partial charge in [-0.1, -0.05) is 72.6 Å². The lowest BCUT2D eigenvalue weighted by Gasteiger charge is -2.22. The molecular formula is C16H35N. The molecule has 104 valence electrons. The lowest BCUT2D eigenvalue weighted by atomic mass is 9.90. The van der Waals surface area contributed by atoms with Gasteiger partial charge in [0.2, 0.25) is 0 Å². The van der Waals surface area contributed by atoms with Crippen molar-refractivity contribution in [3.05, 3.63) is 0 Å². The van der Waals surface area contributed by atoms with Crippen LogP contribution in [0.4, 0.5) is 0 Å². The van der Waals surface area contributed by atoms with Crippen LogP contribution < -0.4 is 5.32 Å². The molecule has 0 aliphatic rings. The molecule has 0 aromatic heterocycles. The van der Waals surface area contributed by atoms with Crippen molar-refractivity contribution in [2.24, 2.45) is 5.41 Å². The second-order valence-electron chi connectivity index (χ2n) is 6.17. The summed E-state index contributed by atoms with van der Waals surface area (Å²) in [6.07, 6.45) is 12.6. The highest BCUT2D eigenvalue weighted by molar-refractivity contribution is 4.68. The monoisotopic (exact) mass is 241 g/mol. The lowest BCUT2D eigenvalue weighted by molar-refractivity contribution is 0.327. The Morgan fingerprint density at radius 3 is 1.82 bits per heavy atom. The predicted octanol–water partition coefficient (Wildman–Crippen LogP) is 5.15. The van der Waals surface area contributed by atoms with Gasteiger partial charge in [-0.2, -0.15) is 0 Å². The third-order valence-electron chi connectivity index (χ3n) is 3.77. The average molecular weight is 241 g/mol. The molecule has 0 spiro atoms. The van der Waals surface area contributed by atoms with Gasteiger partial charge in [0.05, 0.1) is 0 Å². The van der Waals surface area contributed by atoms with E-state index in [2.05, 4.69) is 33.0 Å². The number of nitrogens with one attached hydrogen (secondary N) is 1. The fourth-order valence-corrected chi connectivity index (χ4v) is 1.94. The Kier molecular flexibility index (Phi) is 11.0. The summed E-state index contributed by atoms with van der Waals surface area (Å²) in [5, 5.41) is 3.59. The molecule has 0 atom stereocenters. The number of hydrogen-bond acceptors (Lipinski definition) is 1. The van der Waals surface area contributed by atoms with Gasteiger partial charge in [0, 0.05) is 6.54 Å². The molecule has 1 N–H and O–H groups in total. The fraction of sp³-hybridized carbons (Fsp3) is 1.00. The molecule has 1 nitrogen and oxygen atoms in total. The molecule has 1 heteroatoms. The molecule has 0 aromatic carbocycles. The summed E-state index contributed by atoms with van der Waals surface area (Å²) in [4.78, 5) is 0. The van der Waals surface area contributed by atoms with Gasteiger partial charge in [-0.3, -0.25) is 0 Å². The van der Waals surface area contributed by atoms with Gasteiger partial charge in [-0.15, -0.1) is 0 Å². The Morgan fingerprint density at radius 1 is 0.765 bits per heavy atom. The first kappa shape index (κ1) is 17.0. The van der Waals surface area contributed by atoms with E-state index in [1.54, 1.807) is 0 Å². The molecule has 0 aliphatic carbocycles. The normalized spacial score (nSPS) is 12.0. The molecule has 0 saturated carbocycles. The van der Waals surface area contributed by atoms with Crippen molar-refractivity contribution in [3.63, 3.8) is 0 Å². The molecule has 17 heavy (non-hydrogen) atoms. The first-order valence-corrected chi connectivity index (χ1v) is 7.83. The van der Waals surface area contributed by atoms with Crippen molar-refractivity contribution in [1.29, 1.82) is 0 Å². The zero-order valence-electron chi connectivity index (χ0n) is 12.8. The molecule has 0 saturated heterocycles. The van der Waals surface area contributed by atoms with Crippen LogP contribution in [0.1, 0.15) is 85.5 Å². The molecule has 0 aliphatic heterocycles. The summed E-state index contributed by atoms with van der Waals surface area (Å²) in [6.45, 7) is 11.6. The van der Waals surface area contributed by atoms with Gasteiger partial charge in [0.25, 0.3) is 0 Å². The van der Waals surface area contributed by atoms with Gasteiger partial charge in [0.15, 0.2) is 0 Å². The van der Waals surface area contributed by atoms with E-state index in [0.717, 1.165) is 0 Å². The maximum absolute atomic E-state index is 3.59. The molecular weight excluding hydrogens is 206 g/mol. The number of rotatable bonds is 12. The van der Waals surface area contributed by atoms with Crippen LogP contribution in [0.25, 0.3) is 0 Å². The fourth-order valence-electron chi connectivity index (χ4n) is 1.94. The molecule has 0 rings (SSSR count). The largest absolute Gasteiger partial charge is 0.316 e. The Hall–Kier alpha value is -0.0400. The van der Waals surface area contributed by atoms with Crippen molar-refractivity contribution in [2.75, 3.05) is 13.1 Å². The molecule has 0 radical (unpaired) electrons. The van der Waals surface area contributed by atoms with Gasteiger partial charge in [-0.05, 0) is 24.8 Å². The summed E-state index contributed by atoms with van der Waals surface area (Å²) < 4.78 is 0. The van der Waals surface area contributed by atoms with Crippen molar-refractivity contribution in [2.45, 2.75) is 85.5 Å². The summed E-state index contributed by atoms with van der Waals surface area (Å²) in [5.41, 5.74) is 0.472. The van der Waals surface area contributed by atoms with E-state index in [0.29, 0.717) is 5.41 Å². The highest BCUT2D eigenvalue weighted by atomic mass is 14.9. The Labute approximate surface area is 110 Å². The van der Waals surface area contributed by atoms with Crippen LogP contribution in [-0.2, 0) is 0 Å². The van der Waals surface area contributed by atoms with Crippen molar-refractivity contribution in [3.8, 4) is 0 Å². The van der Waals surface area contributed by atoms with Crippen molar-refractivity contribution < 1.29 is 0 Å². The second-order valence-corrected chi connectivity index (χ2v) is 6.17. The SMILES string of the molecule is CCCCCCCCCCNCC(C)(C)CC. The van der Waals surface area contributed by atoms with Crippen LogP contribution in [0.15, 0.2) is 0 Å². The second kappa shape index (κ2) is 11.1. The minimum atomic E-state index is 0.472. The maximum Gasteiger partial charge on any atom is 0.000241 e. The minimum absolute atomic E-state index is 0.472. The van der Waals surface area contributed by atoms with Crippen LogP contribution in [0.3, 0.4) is 0 Å². The van der Waals surface area contributed by atoms with Gasteiger partial charge in [0.1, 0.15) is 0 Å². The molecule has 0 bridgehead atoms. The van der Waals surface area contributed by atoms with Gasteiger partial charge >= 0.3 is 0 Å². The zero-order chi connectivity index (χ0) is 13.0. The number of unbranched alkanes of at least 4 members (excludes halogenated alkanes) is 7. The van der Waals surface area contributed by atoms with E-state index in [1.165, 1.54) is 70.9 Å². The van der Waals surface area contributed by atoms with E-state index in [1.807, 2.05) is 0 Å². The number of hydrogen-bond donors (Lipinski definition) is 1. The van der Waals surface area contributed by atoms with Crippen LogP contribution >= 0.6 is 0 Å². The standard InChI is InChI=1S/C16H35N/c1-5-7-8-9-10-11-12-13-14-17-15-16(3,4)6-2/h17H,5-15H2,1-4H3. The summed E-state index contributed by atoms with van der Waals surface area (Å²) >= 11 is 0. The first-order chi connectivity index (χ1) is 8.12. The van der Waals surface area contributed by atoms with Gasteiger partial charge in [-0.25, -0.2) is 0 Å². The van der Waals surface area contributed by atoms with Gasteiger partial charge < -0.3 is 5.32 Å². The van der Waals surface area contributed by atoms with Crippen LogP contribution in [0, 0.1) is 5.41 Å². The highest BCUT2D eigenvalue weighted by Gasteiger charge is 2.13. The Balaban J connectivity index is 3.09. The summed E-state index contributed by atoms with van der Waals surface area (Å²) in [6, 6.07) is 0. The smallest absolute Gasteiger partial charge is 0.000241 e.